The number of aryl methyl sites for hydroxylation is 1. The van der Waals surface area contributed by atoms with Crippen LogP contribution in [0.1, 0.15) is 28.0 Å². The summed E-state index contributed by atoms with van der Waals surface area (Å²) in [5, 5.41) is 11.7. The van der Waals surface area contributed by atoms with Crippen LogP contribution in [0.3, 0.4) is 0 Å². The predicted octanol–water partition coefficient (Wildman–Crippen LogP) is 2.80. The number of aromatic nitrogens is 2. The average Bonchev–Trinajstić information content (AvgIpc) is 2.60. The molecule has 1 aliphatic heterocycles. The van der Waals surface area contributed by atoms with Gasteiger partial charge in [0.25, 0.3) is 0 Å². The van der Waals surface area contributed by atoms with Gasteiger partial charge in [-0.05, 0) is 24.5 Å². The van der Waals surface area contributed by atoms with Crippen LogP contribution in [-0.4, -0.2) is 28.8 Å². The number of nitrogens with zero attached hydrogens (tertiary/aromatic N) is 4. The molecule has 0 unspecified atom stereocenters. The van der Waals surface area contributed by atoms with Crippen LogP contribution in [0.4, 0.5) is 16.4 Å². The standard InChI is InChI=1S/C16H12ClN5O2/c17-13-6-14(19-8-11(13)7-18)21-16(24)22-5-1-2-10-3-4-12(9-23)20-15(10)22/h3-4,6,8-9H,1-2,5H2,(H,19,21,24). The van der Waals surface area contributed by atoms with E-state index >= 15 is 0 Å². The maximum atomic E-state index is 12.5. The molecule has 0 bridgehead atoms. The molecule has 7 nitrogen and oxygen atoms in total. The molecule has 0 atom stereocenters. The highest BCUT2D eigenvalue weighted by Gasteiger charge is 2.24. The third-order valence-electron chi connectivity index (χ3n) is 3.64. The number of pyridine rings is 2. The third-order valence-corrected chi connectivity index (χ3v) is 3.95. The van der Waals surface area contributed by atoms with Gasteiger partial charge in [-0.2, -0.15) is 5.26 Å². The molecule has 3 rings (SSSR count). The van der Waals surface area contributed by atoms with Crippen LogP contribution >= 0.6 is 11.6 Å². The zero-order chi connectivity index (χ0) is 17.1. The van der Waals surface area contributed by atoms with Gasteiger partial charge in [-0.3, -0.25) is 15.0 Å². The summed E-state index contributed by atoms with van der Waals surface area (Å²) in [5.74, 6) is 0.714. The highest BCUT2D eigenvalue weighted by atomic mass is 35.5. The molecule has 0 saturated carbocycles. The Morgan fingerprint density at radius 3 is 3.00 bits per heavy atom. The van der Waals surface area contributed by atoms with Crippen LogP contribution in [0.15, 0.2) is 24.4 Å². The number of fused-ring (bicyclic) bond motifs is 1. The molecule has 0 fully saturated rings. The number of urea groups is 1. The van der Waals surface area contributed by atoms with Gasteiger partial charge in [-0.25, -0.2) is 14.8 Å². The minimum atomic E-state index is -0.417. The van der Waals surface area contributed by atoms with Gasteiger partial charge in [0.15, 0.2) is 6.29 Å². The summed E-state index contributed by atoms with van der Waals surface area (Å²) in [6.07, 6.45) is 3.54. The largest absolute Gasteiger partial charge is 0.328 e. The van der Waals surface area contributed by atoms with E-state index < -0.39 is 6.03 Å². The quantitative estimate of drug-likeness (QED) is 0.847. The van der Waals surface area contributed by atoms with Crippen molar-refractivity contribution in [2.45, 2.75) is 12.8 Å². The van der Waals surface area contributed by atoms with Crippen molar-refractivity contribution in [3.8, 4) is 6.07 Å². The number of hydrogen-bond acceptors (Lipinski definition) is 5. The van der Waals surface area contributed by atoms with Gasteiger partial charge in [-0.1, -0.05) is 17.7 Å². The number of anilines is 2. The van der Waals surface area contributed by atoms with Gasteiger partial charge < -0.3 is 0 Å². The lowest BCUT2D eigenvalue weighted by Crippen LogP contribution is -2.39. The fourth-order valence-electron chi connectivity index (χ4n) is 2.48. The molecule has 2 aromatic rings. The van der Waals surface area contributed by atoms with Crippen LogP contribution < -0.4 is 10.2 Å². The van der Waals surface area contributed by atoms with Gasteiger partial charge in [0.1, 0.15) is 23.4 Å². The number of nitriles is 1. The fourth-order valence-corrected chi connectivity index (χ4v) is 2.67. The average molecular weight is 342 g/mol. The van der Waals surface area contributed by atoms with Crippen molar-refractivity contribution >= 4 is 35.6 Å². The Bertz CT molecular complexity index is 862. The third kappa shape index (κ3) is 3.05. The van der Waals surface area contributed by atoms with E-state index in [4.69, 9.17) is 16.9 Å². The van der Waals surface area contributed by atoms with Crippen LogP contribution in [-0.2, 0) is 6.42 Å². The first kappa shape index (κ1) is 15.9. The van der Waals surface area contributed by atoms with E-state index in [9.17, 15) is 9.59 Å². The minimum absolute atomic E-state index is 0.211. The van der Waals surface area contributed by atoms with E-state index in [1.807, 2.05) is 12.1 Å². The van der Waals surface area contributed by atoms with E-state index in [0.29, 0.717) is 18.6 Å². The fraction of sp³-hybridized carbons (Fsp3) is 0.188. The Labute approximate surface area is 142 Å². The van der Waals surface area contributed by atoms with Crippen LogP contribution in [0.5, 0.6) is 0 Å². The van der Waals surface area contributed by atoms with Crippen LogP contribution in [0.25, 0.3) is 0 Å². The summed E-state index contributed by atoms with van der Waals surface area (Å²) in [6.45, 7) is 0.484. The number of carbonyl (C=O) groups is 2. The first-order valence-corrected chi connectivity index (χ1v) is 7.59. The number of carbonyl (C=O) groups excluding carboxylic acids is 2. The molecule has 1 aliphatic rings. The van der Waals surface area contributed by atoms with Gasteiger partial charge >= 0.3 is 6.03 Å². The van der Waals surface area contributed by atoms with Crippen molar-refractivity contribution < 1.29 is 9.59 Å². The molecular weight excluding hydrogens is 330 g/mol. The van der Waals surface area contributed by atoms with Gasteiger partial charge in [0.05, 0.1) is 10.6 Å². The van der Waals surface area contributed by atoms with Crippen molar-refractivity contribution in [3.63, 3.8) is 0 Å². The second kappa shape index (κ2) is 6.64. The number of amides is 2. The Morgan fingerprint density at radius 2 is 2.29 bits per heavy atom. The van der Waals surface area contributed by atoms with Crippen LogP contribution in [0.2, 0.25) is 5.02 Å². The summed E-state index contributed by atoms with van der Waals surface area (Å²) in [6, 6.07) is 6.34. The zero-order valence-electron chi connectivity index (χ0n) is 12.5. The molecule has 0 aliphatic carbocycles. The summed E-state index contributed by atoms with van der Waals surface area (Å²) < 4.78 is 0. The first-order chi connectivity index (χ1) is 11.6. The summed E-state index contributed by atoms with van der Waals surface area (Å²) >= 11 is 5.94. The van der Waals surface area contributed by atoms with Crippen molar-refractivity contribution in [1.29, 1.82) is 5.26 Å². The molecule has 2 amide bonds. The maximum absolute atomic E-state index is 12.5. The van der Waals surface area contributed by atoms with E-state index in [2.05, 4.69) is 15.3 Å². The van der Waals surface area contributed by atoms with Crippen molar-refractivity contribution in [2.75, 3.05) is 16.8 Å². The lowest BCUT2D eigenvalue weighted by molar-refractivity contribution is 0.111. The van der Waals surface area contributed by atoms with E-state index in [-0.39, 0.29) is 22.1 Å². The molecular formula is C16H12ClN5O2. The van der Waals surface area contributed by atoms with E-state index in [0.717, 1.165) is 18.4 Å². The SMILES string of the molecule is N#Cc1cnc(NC(=O)N2CCCc3ccc(C=O)nc32)cc1Cl. The molecule has 8 heteroatoms. The van der Waals surface area contributed by atoms with Crippen LogP contribution in [0, 0.1) is 11.3 Å². The van der Waals surface area contributed by atoms with E-state index in [1.165, 1.54) is 17.2 Å². The molecule has 3 heterocycles. The number of hydrogen-bond donors (Lipinski definition) is 1. The molecule has 1 N–H and O–H groups in total. The number of halogens is 1. The molecule has 0 saturated heterocycles. The highest BCUT2D eigenvalue weighted by molar-refractivity contribution is 6.32. The monoisotopic (exact) mass is 341 g/mol. The topological polar surface area (TPSA) is 99.0 Å². The van der Waals surface area contributed by atoms with Crippen molar-refractivity contribution in [1.82, 2.24) is 9.97 Å². The van der Waals surface area contributed by atoms with Crippen molar-refractivity contribution in [3.05, 3.63) is 46.2 Å². The minimum Gasteiger partial charge on any atom is -0.296 e. The molecule has 2 aromatic heterocycles. The first-order valence-electron chi connectivity index (χ1n) is 7.21. The maximum Gasteiger partial charge on any atom is 0.328 e. The Morgan fingerprint density at radius 1 is 1.46 bits per heavy atom. The zero-order valence-corrected chi connectivity index (χ0v) is 13.2. The Balaban J connectivity index is 1.85. The molecule has 0 aromatic carbocycles. The lowest BCUT2D eigenvalue weighted by Gasteiger charge is -2.28. The number of nitrogens with one attached hydrogen (secondary N) is 1. The Kier molecular flexibility index (Phi) is 4.40. The number of rotatable bonds is 2. The molecule has 120 valence electrons. The van der Waals surface area contributed by atoms with Crippen molar-refractivity contribution in [2.24, 2.45) is 0 Å². The normalized spacial score (nSPS) is 12.9. The highest BCUT2D eigenvalue weighted by Crippen LogP contribution is 2.26. The van der Waals surface area contributed by atoms with Gasteiger partial charge in [-0.15, -0.1) is 0 Å². The molecule has 0 spiro atoms. The Hall–Kier alpha value is -2.98. The molecule has 24 heavy (non-hydrogen) atoms. The second-order valence-corrected chi connectivity index (χ2v) is 5.59. The van der Waals surface area contributed by atoms with Gasteiger partial charge in [0, 0.05) is 18.8 Å². The van der Waals surface area contributed by atoms with E-state index in [1.54, 1.807) is 6.07 Å². The van der Waals surface area contributed by atoms with Gasteiger partial charge in [0.2, 0.25) is 0 Å². The summed E-state index contributed by atoms with van der Waals surface area (Å²) in [7, 11) is 0. The summed E-state index contributed by atoms with van der Waals surface area (Å²) in [4.78, 5) is 33.2. The summed E-state index contributed by atoms with van der Waals surface area (Å²) in [5.41, 5.74) is 1.41. The second-order valence-electron chi connectivity index (χ2n) is 5.18. The number of aldehydes is 1. The smallest absolute Gasteiger partial charge is 0.296 e. The lowest BCUT2D eigenvalue weighted by atomic mass is 10.1. The molecule has 0 radical (unpaired) electrons. The predicted molar refractivity (Wildman–Crippen MR) is 88.3 cm³/mol.